The Labute approximate surface area is 122 Å². The smallest absolute Gasteiger partial charge is 0.202 e. The molecule has 0 N–H and O–H groups in total. The minimum atomic E-state index is -0.172. The van der Waals surface area contributed by atoms with Crippen molar-refractivity contribution in [1.29, 1.82) is 0 Å². The van der Waals surface area contributed by atoms with Crippen LogP contribution in [0.15, 0.2) is 41.8 Å². The third-order valence-corrected chi connectivity index (χ3v) is 4.37. The van der Waals surface area contributed by atoms with E-state index in [4.69, 9.17) is 9.47 Å². The van der Waals surface area contributed by atoms with Crippen molar-refractivity contribution < 1.29 is 14.3 Å². The van der Waals surface area contributed by atoms with E-state index >= 15 is 0 Å². The molecule has 2 heterocycles. The summed E-state index contributed by atoms with van der Waals surface area (Å²) in [4.78, 5) is 13.0. The van der Waals surface area contributed by atoms with Crippen LogP contribution in [0.25, 0.3) is 0 Å². The van der Waals surface area contributed by atoms with Gasteiger partial charge in [0.25, 0.3) is 0 Å². The summed E-state index contributed by atoms with van der Waals surface area (Å²) in [6, 6.07) is 11.5. The molecule has 3 rings (SSSR count). The van der Waals surface area contributed by atoms with Gasteiger partial charge in [-0.25, -0.2) is 0 Å². The SMILES string of the molecule is CC(c1ccc(C(=O)c2cccs2)cc1)C1OCCO1. The van der Waals surface area contributed by atoms with Crippen LogP contribution in [0.1, 0.15) is 33.6 Å². The van der Waals surface area contributed by atoms with Crippen LogP contribution in [0, 0.1) is 0 Å². The molecule has 1 aliphatic rings. The molecular weight excluding hydrogens is 272 g/mol. The van der Waals surface area contributed by atoms with Crippen molar-refractivity contribution in [3.05, 3.63) is 57.8 Å². The second-order valence-corrected chi connectivity index (χ2v) is 5.77. The second-order valence-electron chi connectivity index (χ2n) is 4.83. The van der Waals surface area contributed by atoms with Crippen molar-refractivity contribution >= 4 is 17.1 Å². The Morgan fingerprint density at radius 1 is 1.20 bits per heavy atom. The lowest BCUT2D eigenvalue weighted by atomic mass is 9.98. The first-order valence-electron chi connectivity index (χ1n) is 6.67. The molecule has 0 saturated carbocycles. The Hall–Kier alpha value is -1.49. The van der Waals surface area contributed by atoms with E-state index in [0.717, 1.165) is 16.0 Å². The Morgan fingerprint density at radius 2 is 1.90 bits per heavy atom. The highest BCUT2D eigenvalue weighted by Gasteiger charge is 2.24. The number of ketones is 1. The first-order valence-corrected chi connectivity index (χ1v) is 7.55. The van der Waals surface area contributed by atoms with Gasteiger partial charge in [-0.3, -0.25) is 4.79 Å². The number of hydrogen-bond donors (Lipinski definition) is 0. The van der Waals surface area contributed by atoms with Crippen molar-refractivity contribution in [2.45, 2.75) is 19.1 Å². The quantitative estimate of drug-likeness (QED) is 0.808. The van der Waals surface area contributed by atoms with Crippen molar-refractivity contribution in [3.8, 4) is 0 Å². The summed E-state index contributed by atoms with van der Waals surface area (Å²) in [5, 5.41) is 1.92. The highest BCUT2D eigenvalue weighted by atomic mass is 32.1. The van der Waals surface area contributed by atoms with Gasteiger partial charge in [-0.05, 0) is 17.0 Å². The molecule has 1 fully saturated rings. The van der Waals surface area contributed by atoms with Crippen molar-refractivity contribution in [2.24, 2.45) is 0 Å². The van der Waals surface area contributed by atoms with Crippen molar-refractivity contribution in [3.63, 3.8) is 0 Å². The molecule has 0 aliphatic carbocycles. The number of rotatable bonds is 4. The van der Waals surface area contributed by atoms with Crippen molar-refractivity contribution in [2.75, 3.05) is 13.2 Å². The van der Waals surface area contributed by atoms with Crippen LogP contribution >= 0.6 is 11.3 Å². The summed E-state index contributed by atoms with van der Waals surface area (Å²) in [6.07, 6.45) is -0.172. The number of carbonyl (C=O) groups excluding carboxylic acids is 1. The molecule has 2 aromatic rings. The fraction of sp³-hybridized carbons (Fsp3) is 0.312. The second kappa shape index (κ2) is 5.87. The number of benzene rings is 1. The molecular formula is C16H16O3S. The molecule has 3 nitrogen and oxygen atoms in total. The fourth-order valence-corrected chi connectivity index (χ4v) is 3.00. The van der Waals surface area contributed by atoms with Gasteiger partial charge in [0.15, 0.2) is 6.29 Å². The van der Waals surface area contributed by atoms with E-state index in [2.05, 4.69) is 6.92 Å². The van der Waals surface area contributed by atoms with E-state index in [9.17, 15) is 4.79 Å². The van der Waals surface area contributed by atoms with Gasteiger partial charge in [-0.1, -0.05) is 37.3 Å². The van der Waals surface area contributed by atoms with Gasteiger partial charge >= 0.3 is 0 Å². The topological polar surface area (TPSA) is 35.5 Å². The standard InChI is InChI=1S/C16H16O3S/c1-11(16-18-8-9-19-16)12-4-6-13(7-5-12)15(17)14-3-2-10-20-14/h2-7,10-11,16H,8-9H2,1H3. The largest absolute Gasteiger partial charge is 0.350 e. The molecule has 1 aliphatic heterocycles. The van der Waals surface area contributed by atoms with Crippen LogP contribution in [-0.2, 0) is 9.47 Å². The van der Waals surface area contributed by atoms with Crippen LogP contribution < -0.4 is 0 Å². The molecule has 1 aromatic carbocycles. The lowest BCUT2D eigenvalue weighted by Gasteiger charge is -2.18. The molecule has 0 spiro atoms. The highest BCUT2D eigenvalue weighted by Crippen LogP contribution is 2.26. The lowest BCUT2D eigenvalue weighted by Crippen LogP contribution is -2.16. The van der Waals surface area contributed by atoms with Gasteiger partial charge in [-0.2, -0.15) is 0 Å². The monoisotopic (exact) mass is 288 g/mol. The summed E-state index contributed by atoms with van der Waals surface area (Å²) in [5.74, 6) is 0.246. The first-order chi connectivity index (χ1) is 9.75. The van der Waals surface area contributed by atoms with Gasteiger partial charge < -0.3 is 9.47 Å². The van der Waals surface area contributed by atoms with E-state index in [0.29, 0.717) is 13.2 Å². The Morgan fingerprint density at radius 3 is 2.50 bits per heavy atom. The number of thiophene rings is 1. The molecule has 1 atom stereocenters. The molecule has 104 valence electrons. The summed E-state index contributed by atoms with van der Waals surface area (Å²) in [5.41, 5.74) is 1.84. The van der Waals surface area contributed by atoms with Gasteiger partial charge in [-0.15, -0.1) is 11.3 Å². The Bertz CT molecular complexity index is 568. The number of ether oxygens (including phenoxy) is 2. The van der Waals surface area contributed by atoms with Crippen LogP contribution in [0.4, 0.5) is 0 Å². The zero-order chi connectivity index (χ0) is 13.9. The third kappa shape index (κ3) is 2.68. The maximum atomic E-state index is 12.2. The average molecular weight is 288 g/mol. The van der Waals surface area contributed by atoms with Crippen LogP contribution in [0.2, 0.25) is 0 Å². The molecule has 0 bridgehead atoms. The lowest BCUT2D eigenvalue weighted by molar-refractivity contribution is -0.0570. The van der Waals surface area contributed by atoms with E-state index in [1.165, 1.54) is 11.3 Å². The Balaban J connectivity index is 1.75. The molecule has 1 saturated heterocycles. The molecule has 0 radical (unpaired) electrons. The minimum absolute atomic E-state index is 0.0765. The minimum Gasteiger partial charge on any atom is -0.350 e. The molecule has 4 heteroatoms. The zero-order valence-electron chi connectivity index (χ0n) is 11.2. The normalized spacial score (nSPS) is 17.2. The van der Waals surface area contributed by atoms with Gasteiger partial charge in [0.2, 0.25) is 5.78 Å². The predicted molar refractivity (Wildman–Crippen MR) is 78.3 cm³/mol. The summed E-state index contributed by atoms with van der Waals surface area (Å²) in [6.45, 7) is 3.39. The summed E-state index contributed by atoms with van der Waals surface area (Å²) >= 11 is 1.47. The van der Waals surface area contributed by atoms with E-state index in [1.54, 1.807) is 0 Å². The van der Waals surface area contributed by atoms with Gasteiger partial charge in [0.05, 0.1) is 18.1 Å². The number of carbonyl (C=O) groups is 1. The van der Waals surface area contributed by atoms with Crippen molar-refractivity contribution in [1.82, 2.24) is 0 Å². The van der Waals surface area contributed by atoms with Crippen LogP contribution in [-0.4, -0.2) is 25.3 Å². The van der Waals surface area contributed by atoms with E-state index in [1.807, 2.05) is 41.8 Å². The first kappa shape index (κ1) is 13.5. The third-order valence-electron chi connectivity index (χ3n) is 3.50. The van der Waals surface area contributed by atoms with Crippen LogP contribution in [0.3, 0.4) is 0 Å². The molecule has 1 aromatic heterocycles. The summed E-state index contributed by atoms with van der Waals surface area (Å²) < 4.78 is 11.0. The van der Waals surface area contributed by atoms with Crippen LogP contribution in [0.5, 0.6) is 0 Å². The van der Waals surface area contributed by atoms with E-state index in [-0.39, 0.29) is 18.0 Å². The molecule has 0 amide bonds. The number of hydrogen-bond acceptors (Lipinski definition) is 4. The maximum Gasteiger partial charge on any atom is 0.202 e. The predicted octanol–water partition coefficient (Wildman–Crippen LogP) is 3.46. The highest BCUT2D eigenvalue weighted by molar-refractivity contribution is 7.12. The Kier molecular flexibility index (Phi) is 3.96. The molecule has 1 unspecified atom stereocenters. The fourth-order valence-electron chi connectivity index (χ4n) is 2.31. The van der Waals surface area contributed by atoms with Gasteiger partial charge in [0.1, 0.15) is 0 Å². The maximum absolute atomic E-state index is 12.2. The van der Waals surface area contributed by atoms with E-state index < -0.39 is 0 Å². The molecule has 20 heavy (non-hydrogen) atoms. The zero-order valence-corrected chi connectivity index (χ0v) is 12.1. The average Bonchev–Trinajstić information content (AvgIpc) is 3.18. The summed E-state index contributed by atoms with van der Waals surface area (Å²) in [7, 11) is 0. The van der Waals surface area contributed by atoms with Gasteiger partial charge in [0, 0.05) is 11.5 Å².